The molecule has 1 aromatic carbocycles. The van der Waals surface area contributed by atoms with Crippen LogP contribution in [0.5, 0.6) is 0 Å². The summed E-state index contributed by atoms with van der Waals surface area (Å²) in [6.45, 7) is 3.29. The quantitative estimate of drug-likeness (QED) is 0.897. The number of likely N-dealkylation sites (N-methyl/N-ethyl adjacent to an activating group) is 1. The Hall–Kier alpha value is -1.46. The van der Waals surface area contributed by atoms with Crippen LogP contribution in [-0.2, 0) is 4.79 Å². The van der Waals surface area contributed by atoms with Crippen molar-refractivity contribution in [3.8, 4) is 0 Å². The molecule has 0 radical (unpaired) electrons. The van der Waals surface area contributed by atoms with Crippen molar-refractivity contribution in [3.63, 3.8) is 0 Å². The molecule has 1 heterocycles. The number of halogens is 1. The molecule has 0 spiro atoms. The van der Waals surface area contributed by atoms with Gasteiger partial charge in [-0.15, -0.1) is 0 Å². The fourth-order valence-corrected chi connectivity index (χ4v) is 2.93. The second-order valence-corrected chi connectivity index (χ2v) is 6.06. The highest BCUT2D eigenvalue weighted by atomic mass is 19.1. The van der Waals surface area contributed by atoms with Gasteiger partial charge in [-0.25, -0.2) is 4.39 Å². The Bertz CT molecular complexity index is 532. The van der Waals surface area contributed by atoms with Gasteiger partial charge in [-0.2, -0.15) is 0 Å². The lowest BCUT2D eigenvalue weighted by molar-refractivity contribution is -0.130. The van der Waals surface area contributed by atoms with E-state index in [1.807, 2.05) is 13.0 Å². The van der Waals surface area contributed by atoms with Crippen LogP contribution in [0.2, 0.25) is 0 Å². The molecule has 3 rings (SSSR count). The summed E-state index contributed by atoms with van der Waals surface area (Å²) in [5.41, 5.74) is 0.546. The first-order chi connectivity index (χ1) is 10.1. The second kappa shape index (κ2) is 5.73. The molecule has 2 aliphatic rings. The van der Waals surface area contributed by atoms with Crippen molar-refractivity contribution < 1.29 is 9.18 Å². The molecular weight excluding hydrogens is 269 g/mol. The molecule has 0 bridgehead atoms. The minimum Gasteiger partial charge on any atom is -0.320 e. The molecule has 1 aliphatic carbocycles. The van der Waals surface area contributed by atoms with Gasteiger partial charge in [0, 0.05) is 24.7 Å². The molecular formula is C16H22FN3O. The monoisotopic (exact) mass is 291 g/mol. The molecule has 2 fully saturated rings. The largest absolute Gasteiger partial charge is 0.320 e. The first-order valence-electron chi connectivity index (χ1n) is 7.59. The SMILES string of the molecule is CC1NC(c2ccccc2F)N(CCN(C)C2CC2)C1=O. The molecule has 5 heteroatoms. The van der Waals surface area contributed by atoms with Crippen LogP contribution in [0.15, 0.2) is 24.3 Å². The Balaban J connectivity index is 1.74. The normalized spacial score (nSPS) is 25.9. The van der Waals surface area contributed by atoms with E-state index in [4.69, 9.17) is 0 Å². The van der Waals surface area contributed by atoms with Crippen molar-refractivity contribution >= 4 is 5.91 Å². The Morgan fingerprint density at radius 1 is 1.38 bits per heavy atom. The maximum Gasteiger partial charge on any atom is 0.241 e. The third-order valence-electron chi connectivity index (χ3n) is 4.44. The average molecular weight is 291 g/mol. The zero-order valence-electron chi connectivity index (χ0n) is 12.6. The zero-order valence-corrected chi connectivity index (χ0v) is 12.6. The maximum atomic E-state index is 14.0. The summed E-state index contributed by atoms with van der Waals surface area (Å²) in [4.78, 5) is 16.4. The van der Waals surface area contributed by atoms with Crippen LogP contribution in [0.25, 0.3) is 0 Å². The van der Waals surface area contributed by atoms with Gasteiger partial charge in [0.2, 0.25) is 5.91 Å². The molecule has 2 atom stereocenters. The number of rotatable bonds is 5. The highest BCUT2D eigenvalue weighted by molar-refractivity contribution is 5.84. The van der Waals surface area contributed by atoms with Crippen molar-refractivity contribution in [3.05, 3.63) is 35.6 Å². The highest BCUT2D eigenvalue weighted by Gasteiger charge is 2.38. The molecule has 0 aromatic heterocycles. The predicted octanol–water partition coefficient (Wildman–Crippen LogP) is 1.74. The van der Waals surface area contributed by atoms with Gasteiger partial charge in [0.25, 0.3) is 0 Å². The molecule has 1 aliphatic heterocycles. The summed E-state index contributed by atoms with van der Waals surface area (Å²) in [6.07, 6.45) is 2.13. The van der Waals surface area contributed by atoms with Crippen molar-refractivity contribution in [2.24, 2.45) is 0 Å². The number of nitrogens with one attached hydrogen (secondary N) is 1. The first-order valence-corrected chi connectivity index (χ1v) is 7.59. The Morgan fingerprint density at radius 2 is 2.10 bits per heavy atom. The number of carbonyl (C=O) groups is 1. The summed E-state index contributed by atoms with van der Waals surface area (Å²) >= 11 is 0. The lowest BCUT2D eigenvalue weighted by Crippen LogP contribution is -2.38. The molecule has 1 saturated heterocycles. The molecule has 1 amide bonds. The number of hydrogen-bond acceptors (Lipinski definition) is 3. The van der Waals surface area contributed by atoms with E-state index in [0.29, 0.717) is 18.2 Å². The van der Waals surface area contributed by atoms with Gasteiger partial charge in [-0.1, -0.05) is 18.2 Å². The molecule has 21 heavy (non-hydrogen) atoms. The highest BCUT2D eigenvalue weighted by Crippen LogP contribution is 2.28. The Morgan fingerprint density at radius 3 is 2.76 bits per heavy atom. The number of nitrogens with zero attached hydrogens (tertiary/aromatic N) is 2. The fourth-order valence-electron chi connectivity index (χ4n) is 2.93. The summed E-state index contributed by atoms with van der Waals surface area (Å²) in [6, 6.07) is 7.07. The van der Waals surface area contributed by atoms with E-state index in [1.165, 1.54) is 18.9 Å². The van der Waals surface area contributed by atoms with Crippen molar-refractivity contribution in [1.29, 1.82) is 0 Å². The van der Waals surface area contributed by atoms with Crippen LogP contribution in [0.3, 0.4) is 0 Å². The fraction of sp³-hybridized carbons (Fsp3) is 0.562. The van der Waals surface area contributed by atoms with Crippen LogP contribution in [-0.4, -0.2) is 47.9 Å². The molecule has 114 valence electrons. The van der Waals surface area contributed by atoms with Crippen LogP contribution in [0.4, 0.5) is 4.39 Å². The third-order valence-corrected chi connectivity index (χ3v) is 4.44. The van der Waals surface area contributed by atoms with E-state index in [0.717, 1.165) is 6.54 Å². The second-order valence-electron chi connectivity index (χ2n) is 6.06. The van der Waals surface area contributed by atoms with Crippen LogP contribution in [0.1, 0.15) is 31.5 Å². The van der Waals surface area contributed by atoms with Crippen molar-refractivity contribution in [1.82, 2.24) is 15.1 Å². The maximum absolute atomic E-state index is 14.0. The van der Waals surface area contributed by atoms with Crippen molar-refractivity contribution in [2.45, 2.75) is 38.0 Å². The summed E-state index contributed by atoms with van der Waals surface area (Å²) in [5.74, 6) is -0.218. The molecule has 2 unspecified atom stereocenters. The first kappa shape index (κ1) is 14.5. The van der Waals surface area contributed by atoms with E-state index in [1.54, 1.807) is 17.0 Å². The van der Waals surface area contributed by atoms with Gasteiger partial charge in [-0.3, -0.25) is 10.1 Å². The van der Waals surface area contributed by atoms with E-state index in [9.17, 15) is 9.18 Å². The van der Waals surface area contributed by atoms with Crippen LogP contribution < -0.4 is 5.32 Å². The molecule has 4 nitrogen and oxygen atoms in total. The summed E-state index contributed by atoms with van der Waals surface area (Å²) in [5, 5.41) is 3.20. The Labute approximate surface area is 124 Å². The predicted molar refractivity (Wildman–Crippen MR) is 79.1 cm³/mol. The van der Waals surface area contributed by atoms with Gasteiger partial charge in [0.15, 0.2) is 0 Å². The third kappa shape index (κ3) is 2.94. The van der Waals surface area contributed by atoms with E-state index >= 15 is 0 Å². The smallest absolute Gasteiger partial charge is 0.241 e. The van der Waals surface area contributed by atoms with Gasteiger partial charge < -0.3 is 9.80 Å². The molecule has 1 aromatic rings. The van der Waals surface area contributed by atoms with Gasteiger partial charge in [-0.05, 0) is 32.9 Å². The van der Waals surface area contributed by atoms with E-state index < -0.39 is 0 Å². The lowest BCUT2D eigenvalue weighted by atomic mass is 10.1. The number of hydrogen-bond donors (Lipinski definition) is 1. The van der Waals surface area contributed by atoms with E-state index in [-0.39, 0.29) is 23.9 Å². The van der Waals surface area contributed by atoms with Gasteiger partial charge in [0.05, 0.1) is 6.04 Å². The number of benzene rings is 1. The number of amides is 1. The van der Waals surface area contributed by atoms with Crippen LogP contribution >= 0.6 is 0 Å². The standard InChI is InChI=1S/C16H22FN3O/c1-11-16(21)20(10-9-19(2)12-7-8-12)15(18-11)13-5-3-4-6-14(13)17/h3-6,11-12,15,18H,7-10H2,1-2H3. The van der Waals surface area contributed by atoms with E-state index in [2.05, 4.69) is 17.3 Å². The van der Waals surface area contributed by atoms with Crippen molar-refractivity contribution in [2.75, 3.05) is 20.1 Å². The number of carbonyl (C=O) groups excluding carboxylic acids is 1. The summed E-state index contributed by atoms with van der Waals surface area (Å²) < 4.78 is 14.0. The minimum absolute atomic E-state index is 0.0486. The van der Waals surface area contributed by atoms with Crippen LogP contribution in [0, 0.1) is 5.82 Å². The Kier molecular flexibility index (Phi) is 3.95. The van der Waals surface area contributed by atoms with Gasteiger partial charge in [0.1, 0.15) is 12.0 Å². The topological polar surface area (TPSA) is 35.6 Å². The minimum atomic E-state index is -0.360. The van der Waals surface area contributed by atoms with Gasteiger partial charge >= 0.3 is 0 Å². The average Bonchev–Trinajstić information content (AvgIpc) is 3.27. The lowest BCUT2D eigenvalue weighted by Gasteiger charge is -2.27. The molecule has 1 N–H and O–H groups in total. The summed E-state index contributed by atoms with van der Waals surface area (Å²) in [7, 11) is 2.09. The molecule has 1 saturated carbocycles. The zero-order chi connectivity index (χ0) is 15.0.